The Bertz CT molecular complexity index is 1120. The van der Waals surface area contributed by atoms with Gasteiger partial charge in [-0.1, -0.05) is 86.2 Å². The number of Topliss-reactive ketones (excluding diaryl/α,β-unsaturated/α-hetero) is 2. The summed E-state index contributed by atoms with van der Waals surface area (Å²) < 4.78 is 40.1. The highest BCUT2D eigenvalue weighted by molar-refractivity contribution is 5.86. The van der Waals surface area contributed by atoms with E-state index in [1.165, 1.54) is 0 Å². The minimum atomic E-state index is -3.34. The summed E-state index contributed by atoms with van der Waals surface area (Å²) in [6.07, 6.45) is 6.05. The quantitative estimate of drug-likeness (QED) is 0.104. The van der Waals surface area contributed by atoms with Crippen molar-refractivity contribution >= 4 is 17.5 Å². The zero-order valence-electron chi connectivity index (χ0n) is 23.9. The molecule has 0 saturated heterocycles. The van der Waals surface area contributed by atoms with Gasteiger partial charge in [0.25, 0.3) is 0 Å². The van der Waals surface area contributed by atoms with Crippen molar-refractivity contribution in [3.05, 3.63) is 83.9 Å². The van der Waals surface area contributed by atoms with Crippen LogP contribution in [0.15, 0.2) is 72.8 Å². The first-order valence-electron chi connectivity index (χ1n) is 14.7. The van der Waals surface area contributed by atoms with Gasteiger partial charge in [0.2, 0.25) is 5.78 Å². The SMILES string of the molecule is CCCCC(F)(F)C(=O)CC[C@H]1[C@H](OCc2ccccc2)CC(=O)[C@@H]1CC=CCCCC(=O)OCc1ccccc1. The summed E-state index contributed by atoms with van der Waals surface area (Å²) in [5.74, 6) is -5.31. The van der Waals surface area contributed by atoms with E-state index in [9.17, 15) is 23.2 Å². The van der Waals surface area contributed by atoms with Crippen LogP contribution in [0.25, 0.3) is 0 Å². The second kappa shape index (κ2) is 16.9. The van der Waals surface area contributed by atoms with Gasteiger partial charge < -0.3 is 9.47 Å². The molecule has 0 spiro atoms. The molecule has 7 heteroatoms. The highest BCUT2D eigenvalue weighted by Crippen LogP contribution is 2.38. The molecule has 0 heterocycles. The van der Waals surface area contributed by atoms with Crippen LogP contribution in [-0.2, 0) is 37.1 Å². The number of esters is 1. The standard InChI is InChI=1S/C34H42F2O5/c1-2-3-22-34(35,36)32(38)21-20-29-28(30(37)23-31(29)40-24-26-14-8-6-9-15-26)18-12-4-5-13-19-33(39)41-25-27-16-10-7-11-17-27/h4,6-12,14-17,28-29,31H,2-3,5,13,18-25H2,1H3/t28-,29-,31-/m1/s1. The van der Waals surface area contributed by atoms with E-state index in [2.05, 4.69) is 0 Å². The van der Waals surface area contributed by atoms with Crippen molar-refractivity contribution < 1.29 is 32.6 Å². The molecule has 0 amide bonds. The van der Waals surface area contributed by atoms with Crippen LogP contribution in [0, 0.1) is 11.8 Å². The Balaban J connectivity index is 1.51. The van der Waals surface area contributed by atoms with Gasteiger partial charge in [0.05, 0.1) is 12.7 Å². The number of halogens is 2. The molecule has 41 heavy (non-hydrogen) atoms. The van der Waals surface area contributed by atoms with Crippen LogP contribution in [0.3, 0.4) is 0 Å². The number of rotatable bonds is 18. The van der Waals surface area contributed by atoms with Gasteiger partial charge in [-0.05, 0) is 49.1 Å². The Morgan fingerprint density at radius 1 is 0.927 bits per heavy atom. The zero-order valence-corrected chi connectivity index (χ0v) is 23.9. The van der Waals surface area contributed by atoms with E-state index < -0.39 is 24.2 Å². The Kier molecular flexibility index (Phi) is 13.3. The van der Waals surface area contributed by atoms with Gasteiger partial charge in [-0.2, -0.15) is 8.78 Å². The van der Waals surface area contributed by atoms with Crippen molar-refractivity contribution in [3.63, 3.8) is 0 Å². The maximum absolute atomic E-state index is 14.3. The summed E-state index contributed by atoms with van der Waals surface area (Å²) in [5, 5.41) is 0. The third-order valence-electron chi connectivity index (χ3n) is 7.63. The van der Waals surface area contributed by atoms with E-state index in [0.717, 1.165) is 11.1 Å². The first kappa shape index (κ1) is 32.3. The Morgan fingerprint density at radius 2 is 1.59 bits per heavy atom. The fourth-order valence-corrected chi connectivity index (χ4v) is 5.21. The van der Waals surface area contributed by atoms with E-state index in [1.54, 1.807) is 0 Å². The van der Waals surface area contributed by atoms with Crippen LogP contribution < -0.4 is 0 Å². The van der Waals surface area contributed by atoms with Gasteiger partial charge in [-0.3, -0.25) is 14.4 Å². The number of carbonyl (C=O) groups excluding carboxylic acids is 3. The second-order valence-electron chi connectivity index (χ2n) is 10.8. The monoisotopic (exact) mass is 568 g/mol. The van der Waals surface area contributed by atoms with Crippen LogP contribution >= 0.6 is 0 Å². The molecule has 2 aromatic rings. The minimum absolute atomic E-state index is 0.0346. The van der Waals surface area contributed by atoms with Crippen molar-refractivity contribution in [1.82, 2.24) is 0 Å². The molecule has 5 nitrogen and oxygen atoms in total. The number of hydrogen-bond donors (Lipinski definition) is 0. The number of unbranched alkanes of at least 4 members (excludes halogenated alkanes) is 2. The summed E-state index contributed by atoms with van der Waals surface area (Å²) in [7, 11) is 0. The number of carbonyl (C=O) groups is 3. The number of allylic oxidation sites excluding steroid dienone is 2. The molecule has 1 saturated carbocycles. The van der Waals surface area contributed by atoms with Crippen molar-refractivity contribution in [1.29, 1.82) is 0 Å². The molecular formula is C34H42F2O5. The van der Waals surface area contributed by atoms with Crippen molar-refractivity contribution in [3.8, 4) is 0 Å². The van der Waals surface area contributed by atoms with E-state index in [1.807, 2.05) is 79.7 Å². The van der Waals surface area contributed by atoms with Crippen LogP contribution in [0.5, 0.6) is 0 Å². The molecule has 3 rings (SSSR count). The molecule has 1 aliphatic carbocycles. The summed E-state index contributed by atoms with van der Waals surface area (Å²) in [5.41, 5.74) is 1.90. The van der Waals surface area contributed by atoms with Crippen LogP contribution in [0.4, 0.5) is 8.78 Å². The van der Waals surface area contributed by atoms with Gasteiger partial charge in [-0.15, -0.1) is 0 Å². The molecule has 0 radical (unpaired) electrons. The minimum Gasteiger partial charge on any atom is -0.461 e. The molecule has 0 N–H and O–H groups in total. The summed E-state index contributed by atoms with van der Waals surface area (Å²) in [6.45, 7) is 2.38. The highest BCUT2D eigenvalue weighted by atomic mass is 19.3. The van der Waals surface area contributed by atoms with Crippen molar-refractivity contribution in [2.24, 2.45) is 11.8 Å². The maximum Gasteiger partial charge on any atom is 0.306 e. The average Bonchev–Trinajstić information content (AvgIpc) is 3.28. The lowest BCUT2D eigenvalue weighted by atomic mass is 9.86. The van der Waals surface area contributed by atoms with Gasteiger partial charge in [0.15, 0.2) is 0 Å². The van der Waals surface area contributed by atoms with Crippen molar-refractivity contribution in [2.45, 2.75) is 96.4 Å². The molecule has 3 atom stereocenters. The lowest BCUT2D eigenvalue weighted by Crippen LogP contribution is -2.31. The number of benzene rings is 2. The molecule has 0 aromatic heterocycles. The third-order valence-corrected chi connectivity index (χ3v) is 7.63. The molecule has 222 valence electrons. The molecule has 0 unspecified atom stereocenters. The van der Waals surface area contributed by atoms with Gasteiger partial charge in [-0.25, -0.2) is 0 Å². The summed E-state index contributed by atoms with van der Waals surface area (Å²) in [4.78, 5) is 37.4. The fourth-order valence-electron chi connectivity index (χ4n) is 5.21. The normalized spacial score (nSPS) is 19.1. The molecule has 1 aliphatic rings. The molecule has 2 aromatic carbocycles. The summed E-state index contributed by atoms with van der Waals surface area (Å²) >= 11 is 0. The van der Waals surface area contributed by atoms with Gasteiger partial charge in [0.1, 0.15) is 12.4 Å². The Hall–Kier alpha value is -3.19. The third kappa shape index (κ3) is 11.0. The van der Waals surface area contributed by atoms with Gasteiger partial charge >= 0.3 is 11.9 Å². The highest BCUT2D eigenvalue weighted by Gasteiger charge is 2.44. The summed E-state index contributed by atoms with van der Waals surface area (Å²) in [6, 6.07) is 19.1. The van der Waals surface area contributed by atoms with Crippen LogP contribution in [0.2, 0.25) is 0 Å². The van der Waals surface area contributed by atoms with E-state index in [0.29, 0.717) is 45.1 Å². The number of hydrogen-bond acceptors (Lipinski definition) is 5. The topological polar surface area (TPSA) is 69.7 Å². The zero-order chi connectivity index (χ0) is 29.5. The van der Waals surface area contributed by atoms with Crippen LogP contribution in [-0.4, -0.2) is 29.6 Å². The maximum atomic E-state index is 14.3. The first-order chi connectivity index (χ1) is 19.8. The first-order valence-corrected chi connectivity index (χ1v) is 14.7. The largest absolute Gasteiger partial charge is 0.461 e. The van der Waals surface area contributed by atoms with E-state index in [4.69, 9.17) is 9.47 Å². The predicted molar refractivity (Wildman–Crippen MR) is 154 cm³/mol. The second-order valence-corrected chi connectivity index (χ2v) is 10.8. The lowest BCUT2D eigenvalue weighted by molar-refractivity contribution is -0.145. The number of ketones is 2. The Morgan fingerprint density at radius 3 is 2.24 bits per heavy atom. The average molecular weight is 569 g/mol. The Labute approximate surface area is 242 Å². The molecule has 0 bridgehead atoms. The smallest absolute Gasteiger partial charge is 0.306 e. The molecular weight excluding hydrogens is 526 g/mol. The lowest BCUT2D eigenvalue weighted by Gasteiger charge is -2.24. The van der Waals surface area contributed by atoms with Crippen molar-refractivity contribution in [2.75, 3.05) is 0 Å². The predicted octanol–water partition coefficient (Wildman–Crippen LogP) is 7.81. The molecule has 1 fully saturated rings. The van der Waals surface area contributed by atoms with Gasteiger partial charge in [0, 0.05) is 31.6 Å². The molecule has 0 aliphatic heterocycles. The fraction of sp³-hybridized carbons (Fsp3) is 0.500. The van der Waals surface area contributed by atoms with E-state index in [-0.39, 0.29) is 49.5 Å². The number of ether oxygens (including phenoxy) is 2. The van der Waals surface area contributed by atoms with Crippen LogP contribution in [0.1, 0.15) is 82.3 Å². The van der Waals surface area contributed by atoms with E-state index >= 15 is 0 Å². The number of alkyl halides is 2.